The molecule has 0 aromatic rings. The van der Waals surface area contributed by atoms with E-state index >= 15 is 0 Å². The Labute approximate surface area is 60.4 Å². The van der Waals surface area contributed by atoms with Gasteiger partial charge in [-0.1, -0.05) is 6.42 Å². The monoisotopic (exact) mass is 145 g/mol. The number of alkyl halides is 1. The van der Waals surface area contributed by atoms with E-state index in [2.05, 4.69) is 0 Å². The number of hydrogen-bond acceptors (Lipinski definition) is 1. The standard InChI is InChI=1S/C7H10ClO/c8-7-3-1-2-6(7)4-5-9/h6-7H,1-4H2. The minimum Gasteiger partial charge on any atom is -0.291 e. The molecule has 0 bridgehead atoms. The lowest BCUT2D eigenvalue weighted by Crippen LogP contribution is -2.06. The highest BCUT2D eigenvalue weighted by atomic mass is 35.5. The van der Waals surface area contributed by atoms with Crippen LogP contribution in [0.3, 0.4) is 0 Å². The van der Waals surface area contributed by atoms with E-state index in [9.17, 15) is 4.79 Å². The van der Waals surface area contributed by atoms with Gasteiger partial charge in [0.05, 0.1) is 0 Å². The fourth-order valence-corrected chi connectivity index (χ4v) is 1.70. The van der Waals surface area contributed by atoms with Gasteiger partial charge in [-0.15, -0.1) is 11.6 Å². The first-order chi connectivity index (χ1) is 4.34. The molecule has 1 radical (unpaired) electrons. The molecule has 2 heteroatoms. The molecule has 0 saturated heterocycles. The normalized spacial score (nSPS) is 34.8. The van der Waals surface area contributed by atoms with Gasteiger partial charge < -0.3 is 0 Å². The first-order valence-electron chi connectivity index (χ1n) is 3.33. The van der Waals surface area contributed by atoms with Crippen LogP contribution in [0, 0.1) is 5.92 Å². The minimum atomic E-state index is 0.242. The molecule has 0 aromatic heterocycles. The summed E-state index contributed by atoms with van der Waals surface area (Å²) in [5, 5.41) is 0.242. The Hall–Kier alpha value is -0.0400. The third kappa shape index (κ3) is 1.68. The number of hydrogen-bond donors (Lipinski definition) is 0. The molecule has 0 N–H and O–H groups in total. The molecule has 2 atom stereocenters. The van der Waals surface area contributed by atoms with Gasteiger partial charge in [-0.3, -0.25) is 4.79 Å². The van der Waals surface area contributed by atoms with Gasteiger partial charge in [0.2, 0.25) is 0 Å². The highest BCUT2D eigenvalue weighted by Gasteiger charge is 2.24. The average molecular weight is 146 g/mol. The van der Waals surface area contributed by atoms with Gasteiger partial charge in [0.1, 0.15) is 0 Å². The molecule has 1 saturated carbocycles. The second kappa shape index (κ2) is 3.21. The molecule has 0 aromatic carbocycles. The maximum atomic E-state index is 9.92. The van der Waals surface area contributed by atoms with Crippen LogP contribution in [0.25, 0.3) is 0 Å². The van der Waals surface area contributed by atoms with Crippen molar-refractivity contribution in [2.45, 2.75) is 31.1 Å². The molecule has 0 aliphatic heterocycles. The molecule has 1 aliphatic rings. The van der Waals surface area contributed by atoms with E-state index in [1.54, 1.807) is 0 Å². The van der Waals surface area contributed by atoms with Crippen molar-refractivity contribution in [1.29, 1.82) is 0 Å². The zero-order chi connectivity index (χ0) is 6.69. The van der Waals surface area contributed by atoms with Gasteiger partial charge in [-0.2, -0.15) is 0 Å². The van der Waals surface area contributed by atoms with Gasteiger partial charge in [-0.25, -0.2) is 0 Å². The van der Waals surface area contributed by atoms with E-state index < -0.39 is 0 Å². The smallest absolute Gasteiger partial charge is 0.198 e. The molecule has 1 aliphatic carbocycles. The zero-order valence-corrected chi connectivity index (χ0v) is 6.03. The molecule has 1 fully saturated rings. The third-order valence-electron chi connectivity index (χ3n) is 1.91. The zero-order valence-electron chi connectivity index (χ0n) is 5.27. The van der Waals surface area contributed by atoms with E-state index in [4.69, 9.17) is 11.6 Å². The first-order valence-corrected chi connectivity index (χ1v) is 3.77. The number of halogens is 1. The lowest BCUT2D eigenvalue weighted by atomic mass is 10.1. The van der Waals surface area contributed by atoms with Gasteiger partial charge in [0, 0.05) is 11.8 Å². The second-order valence-corrected chi connectivity index (χ2v) is 3.12. The maximum Gasteiger partial charge on any atom is 0.198 e. The summed E-state index contributed by atoms with van der Waals surface area (Å²) in [6.07, 6.45) is 5.81. The lowest BCUT2D eigenvalue weighted by molar-refractivity contribution is 0.513. The van der Waals surface area contributed by atoms with Crippen LogP contribution in [0.5, 0.6) is 0 Å². The Balaban J connectivity index is 2.30. The molecule has 2 unspecified atom stereocenters. The van der Waals surface area contributed by atoms with Crippen LogP contribution in [-0.2, 0) is 4.79 Å². The second-order valence-electron chi connectivity index (χ2n) is 2.56. The summed E-state index contributed by atoms with van der Waals surface area (Å²) >= 11 is 5.88. The van der Waals surface area contributed by atoms with E-state index in [0.717, 1.165) is 12.8 Å². The largest absolute Gasteiger partial charge is 0.291 e. The van der Waals surface area contributed by atoms with Gasteiger partial charge in [-0.05, 0) is 18.8 Å². The fraction of sp³-hybridized carbons (Fsp3) is 0.857. The van der Waals surface area contributed by atoms with Crippen molar-refractivity contribution in [1.82, 2.24) is 0 Å². The molecule has 1 rings (SSSR count). The van der Waals surface area contributed by atoms with Gasteiger partial charge >= 0.3 is 0 Å². The van der Waals surface area contributed by atoms with Gasteiger partial charge in [0.25, 0.3) is 0 Å². The highest BCUT2D eigenvalue weighted by molar-refractivity contribution is 6.21. The summed E-state index contributed by atoms with van der Waals surface area (Å²) in [5.74, 6) is 0.421. The summed E-state index contributed by atoms with van der Waals surface area (Å²) in [4.78, 5) is 9.92. The van der Waals surface area contributed by atoms with Crippen molar-refractivity contribution in [3.05, 3.63) is 0 Å². The molecule has 1 nitrogen and oxygen atoms in total. The average Bonchev–Trinajstić information content (AvgIpc) is 2.18. The minimum absolute atomic E-state index is 0.242. The maximum absolute atomic E-state index is 9.92. The third-order valence-corrected chi connectivity index (χ3v) is 2.49. The van der Waals surface area contributed by atoms with Crippen molar-refractivity contribution in [2.24, 2.45) is 5.92 Å². The SMILES string of the molecule is O=[C]CC1CCCC1Cl. The molecular weight excluding hydrogens is 136 g/mol. The topological polar surface area (TPSA) is 17.1 Å². The fourth-order valence-electron chi connectivity index (χ4n) is 1.33. The van der Waals surface area contributed by atoms with E-state index in [1.165, 1.54) is 6.42 Å². The Kier molecular flexibility index (Phi) is 2.52. The van der Waals surface area contributed by atoms with Crippen LogP contribution in [-0.4, -0.2) is 11.7 Å². The Morgan fingerprint density at radius 1 is 1.56 bits per heavy atom. The van der Waals surface area contributed by atoms with E-state index in [-0.39, 0.29) is 5.38 Å². The van der Waals surface area contributed by atoms with Crippen LogP contribution < -0.4 is 0 Å². The van der Waals surface area contributed by atoms with E-state index in [0.29, 0.717) is 12.3 Å². The van der Waals surface area contributed by atoms with Crippen LogP contribution in [0.4, 0.5) is 0 Å². The lowest BCUT2D eigenvalue weighted by Gasteiger charge is -2.06. The number of carbonyl (C=O) groups excluding carboxylic acids is 1. The molecular formula is C7H10ClO. The Bertz CT molecular complexity index is 103. The van der Waals surface area contributed by atoms with Crippen LogP contribution in [0.15, 0.2) is 0 Å². The molecule has 0 spiro atoms. The van der Waals surface area contributed by atoms with Crippen LogP contribution in [0.1, 0.15) is 25.7 Å². The summed E-state index contributed by atoms with van der Waals surface area (Å²) in [6.45, 7) is 0. The van der Waals surface area contributed by atoms with Crippen molar-refractivity contribution >= 4 is 17.9 Å². The first kappa shape index (κ1) is 7.07. The molecule has 51 valence electrons. The quantitative estimate of drug-likeness (QED) is 0.543. The Morgan fingerprint density at radius 3 is 2.78 bits per heavy atom. The van der Waals surface area contributed by atoms with Crippen molar-refractivity contribution in [3.63, 3.8) is 0 Å². The predicted molar refractivity (Wildman–Crippen MR) is 37.3 cm³/mol. The summed E-state index contributed by atoms with van der Waals surface area (Å²) in [5.41, 5.74) is 0. The van der Waals surface area contributed by atoms with E-state index in [1.807, 2.05) is 6.29 Å². The number of rotatable bonds is 2. The molecule has 0 amide bonds. The Morgan fingerprint density at radius 2 is 2.33 bits per heavy atom. The summed E-state index contributed by atoms with van der Waals surface area (Å²) < 4.78 is 0. The van der Waals surface area contributed by atoms with Crippen LogP contribution >= 0.6 is 11.6 Å². The molecule has 0 heterocycles. The predicted octanol–water partition coefficient (Wildman–Crippen LogP) is 1.89. The summed E-state index contributed by atoms with van der Waals surface area (Å²) in [6, 6.07) is 0. The van der Waals surface area contributed by atoms with Crippen molar-refractivity contribution in [3.8, 4) is 0 Å². The molecule has 9 heavy (non-hydrogen) atoms. The van der Waals surface area contributed by atoms with Crippen molar-refractivity contribution < 1.29 is 4.79 Å². The highest BCUT2D eigenvalue weighted by Crippen LogP contribution is 2.31. The van der Waals surface area contributed by atoms with Crippen molar-refractivity contribution in [2.75, 3.05) is 0 Å². The van der Waals surface area contributed by atoms with Gasteiger partial charge in [0.15, 0.2) is 6.29 Å². The summed E-state index contributed by atoms with van der Waals surface area (Å²) in [7, 11) is 0. The van der Waals surface area contributed by atoms with Crippen LogP contribution in [0.2, 0.25) is 0 Å².